The first kappa shape index (κ1) is 27.4. The van der Waals surface area contributed by atoms with Crippen LogP contribution < -0.4 is 22.1 Å². The van der Waals surface area contributed by atoms with Crippen molar-refractivity contribution in [2.45, 2.75) is 65.0 Å². The van der Waals surface area contributed by atoms with Gasteiger partial charge in [-0.05, 0) is 67.7 Å². The Labute approximate surface area is 216 Å². The summed E-state index contributed by atoms with van der Waals surface area (Å²) < 4.78 is 5.72. The number of ether oxygens (including phenoxy) is 1. The standard InChI is InChI=1S/C27H36N4O4S/c1-16(2)13-22(26(33)35-19-8-4-5-9-19)30-12-6-7-18-10-11-20(17(3)14-18)23-15-21(24(28)32)25(36-23)31-27(29)34/h6-7,10-11,14-16,19,22,30H,4-5,8-9,12-13H2,1-3H3,(H2,28,32)(H3,29,31,34)/t22-/m0/s1. The first-order chi connectivity index (χ1) is 17.1. The maximum atomic E-state index is 12.7. The van der Waals surface area contributed by atoms with Crippen molar-refractivity contribution < 1.29 is 19.1 Å². The molecule has 1 aliphatic carbocycles. The number of primary amides is 2. The number of urea groups is 1. The normalized spacial score (nSPS) is 14.9. The molecule has 1 heterocycles. The van der Waals surface area contributed by atoms with Gasteiger partial charge in [-0.3, -0.25) is 14.9 Å². The first-order valence-corrected chi connectivity index (χ1v) is 13.2. The minimum Gasteiger partial charge on any atom is -0.461 e. The molecule has 1 aromatic heterocycles. The number of nitrogens with one attached hydrogen (secondary N) is 2. The van der Waals surface area contributed by atoms with Crippen LogP contribution in [0.3, 0.4) is 0 Å². The molecular weight excluding hydrogens is 476 g/mol. The van der Waals surface area contributed by atoms with Crippen molar-refractivity contribution in [3.05, 3.63) is 47.0 Å². The van der Waals surface area contributed by atoms with Gasteiger partial charge in [0.1, 0.15) is 17.1 Å². The van der Waals surface area contributed by atoms with Crippen LogP contribution in [0.25, 0.3) is 16.5 Å². The van der Waals surface area contributed by atoms with E-state index in [1.165, 1.54) is 11.3 Å². The van der Waals surface area contributed by atoms with Crippen molar-refractivity contribution in [3.63, 3.8) is 0 Å². The highest BCUT2D eigenvalue weighted by Crippen LogP contribution is 2.37. The summed E-state index contributed by atoms with van der Waals surface area (Å²) in [6.07, 6.45) is 8.99. The van der Waals surface area contributed by atoms with Gasteiger partial charge >= 0.3 is 12.0 Å². The largest absolute Gasteiger partial charge is 0.461 e. The van der Waals surface area contributed by atoms with Gasteiger partial charge in [0.25, 0.3) is 5.91 Å². The Morgan fingerprint density at radius 3 is 2.50 bits per heavy atom. The smallest absolute Gasteiger partial charge is 0.323 e. The first-order valence-electron chi connectivity index (χ1n) is 12.4. The van der Waals surface area contributed by atoms with E-state index >= 15 is 0 Å². The molecule has 2 aromatic rings. The van der Waals surface area contributed by atoms with Gasteiger partial charge in [0.05, 0.1) is 5.56 Å². The van der Waals surface area contributed by atoms with Crippen LogP contribution in [0.1, 0.15) is 67.4 Å². The van der Waals surface area contributed by atoms with Gasteiger partial charge < -0.3 is 21.5 Å². The summed E-state index contributed by atoms with van der Waals surface area (Å²) >= 11 is 1.25. The average Bonchev–Trinajstić information content (AvgIpc) is 3.45. The summed E-state index contributed by atoms with van der Waals surface area (Å²) in [4.78, 5) is 36.5. The lowest BCUT2D eigenvalue weighted by atomic mass is 10.0. The van der Waals surface area contributed by atoms with E-state index in [2.05, 4.69) is 24.5 Å². The SMILES string of the molecule is Cc1cc(C=CCN[C@@H](CC(C)C)C(=O)OC2CCCC2)ccc1-c1cc(C(N)=O)c(NC(N)=O)s1. The number of rotatable bonds is 11. The second kappa shape index (κ2) is 12.7. The summed E-state index contributed by atoms with van der Waals surface area (Å²) in [5.41, 5.74) is 13.8. The number of carbonyl (C=O) groups is 3. The number of benzene rings is 1. The van der Waals surface area contributed by atoms with E-state index in [1.807, 2.05) is 37.3 Å². The molecule has 8 nitrogen and oxygen atoms in total. The zero-order valence-corrected chi connectivity index (χ0v) is 22.0. The van der Waals surface area contributed by atoms with Gasteiger partial charge in [-0.15, -0.1) is 11.3 Å². The Kier molecular flexibility index (Phi) is 9.66. The van der Waals surface area contributed by atoms with Crippen LogP contribution in [0.2, 0.25) is 0 Å². The van der Waals surface area contributed by atoms with E-state index in [9.17, 15) is 14.4 Å². The van der Waals surface area contributed by atoms with E-state index in [-0.39, 0.29) is 23.7 Å². The van der Waals surface area contributed by atoms with Crippen LogP contribution in [0, 0.1) is 12.8 Å². The van der Waals surface area contributed by atoms with Crippen molar-refractivity contribution in [1.29, 1.82) is 0 Å². The molecule has 1 saturated carbocycles. The topological polar surface area (TPSA) is 137 Å². The maximum Gasteiger partial charge on any atom is 0.323 e. The lowest BCUT2D eigenvalue weighted by Gasteiger charge is -2.21. The molecule has 1 aliphatic rings. The molecule has 1 aromatic carbocycles. The molecule has 0 aliphatic heterocycles. The number of aryl methyl sites for hydroxylation is 1. The molecule has 0 spiro atoms. The molecule has 0 bridgehead atoms. The van der Waals surface area contributed by atoms with Gasteiger partial charge in [-0.1, -0.05) is 44.2 Å². The fourth-order valence-electron chi connectivity index (χ4n) is 4.37. The van der Waals surface area contributed by atoms with Crippen LogP contribution >= 0.6 is 11.3 Å². The molecule has 0 unspecified atom stereocenters. The molecule has 9 heteroatoms. The minimum atomic E-state index is -0.751. The lowest BCUT2D eigenvalue weighted by molar-refractivity contribution is -0.151. The predicted molar refractivity (Wildman–Crippen MR) is 145 cm³/mol. The molecule has 6 N–H and O–H groups in total. The van der Waals surface area contributed by atoms with Gasteiger partial charge in [0.15, 0.2) is 0 Å². The highest BCUT2D eigenvalue weighted by molar-refractivity contribution is 7.20. The van der Waals surface area contributed by atoms with E-state index in [1.54, 1.807) is 6.07 Å². The summed E-state index contributed by atoms with van der Waals surface area (Å²) in [6, 6.07) is 6.58. The quantitative estimate of drug-likeness (QED) is 0.320. The summed E-state index contributed by atoms with van der Waals surface area (Å²) in [5.74, 6) is -0.404. The number of anilines is 1. The van der Waals surface area contributed by atoms with Crippen molar-refractivity contribution in [1.82, 2.24) is 5.32 Å². The van der Waals surface area contributed by atoms with Gasteiger partial charge in [0.2, 0.25) is 0 Å². The predicted octanol–water partition coefficient (Wildman–Crippen LogP) is 4.82. The number of carbonyl (C=O) groups excluding carboxylic acids is 3. The zero-order chi connectivity index (χ0) is 26.2. The monoisotopic (exact) mass is 512 g/mol. The highest BCUT2D eigenvalue weighted by Gasteiger charge is 2.25. The Balaban J connectivity index is 1.64. The zero-order valence-electron chi connectivity index (χ0n) is 21.1. The second-order valence-electron chi connectivity index (χ2n) is 9.62. The fraction of sp³-hybridized carbons (Fsp3) is 0.444. The lowest BCUT2D eigenvalue weighted by Crippen LogP contribution is -2.40. The Bertz CT molecular complexity index is 1120. The van der Waals surface area contributed by atoms with Gasteiger partial charge in [-0.25, -0.2) is 4.79 Å². The third-order valence-corrected chi connectivity index (χ3v) is 7.20. The van der Waals surface area contributed by atoms with Crippen LogP contribution in [0.5, 0.6) is 0 Å². The molecule has 36 heavy (non-hydrogen) atoms. The van der Waals surface area contributed by atoms with Crippen LogP contribution in [0.15, 0.2) is 30.3 Å². The number of hydrogen-bond acceptors (Lipinski definition) is 6. The molecular formula is C27H36N4O4S. The third-order valence-electron chi connectivity index (χ3n) is 6.12. The van der Waals surface area contributed by atoms with Crippen LogP contribution in [0.4, 0.5) is 9.80 Å². The third kappa shape index (κ3) is 7.66. The van der Waals surface area contributed by atoms with Crippen molar-refractivity contribution in [2.24, 2.45) is 17.4 Å². The minimum absolute atomic E-state index is 0.0658. The number of esters is 1. The van der Waals surface area contributed by atoms with Crippen LogP contribution in [-0.2, 0) is 9.53 Å². The van der Waals surface area contributed by atoms with E-state index in [4.69, 9.17) is 16.2 Å². The number of amides is 3. The molecule has 0 saturated heterocycles. The highest BCUT2D eigenvalue weighted by atomic mass is 32.1. The van der Waals surface area contributed by atoms with Crippen molar-refractivity contribution in [3.8, 4) is 10.4 Å². The summed E-state index contributed by atoms with van der Waals surface area (Å²) in [6.45, 7) is 6.73. The van der Waals surface area contributed by atoms with Gasteiger partial charge in [-0.2, -0.15) is 0 Å². The Hall–Kier alpha value is -3.17. The van der Waals surface area contributed by atoms with E-state index in [0.717, 1.165) is 53.7 Å². The number of hydrogen-bond donors (Lipinski definition) is 4. The number of nitrogens with two attached hydrogens (primary N) is 2. The molecule has 3 rings (SSSR count). The maximum absolute atomic E-state index is 12.7. The van der Waals surface area contributed by atoms with Crippen molar-refractivity contribution in [2.75, 3.05) is 11.9 Å². The molecule has 1 atom stereocenters. The molecule has 3 amide bonds. The fourth-order valence-corrected chi connectivity index (χ4v) is 5.53. The van der Waals surface area contributed by atoms with Crippen molar-refractivity contribution >= 4 is 40.3 Å². The Morgan fingerprint density at radius 1 is 1.17 bits per heavy atom. The summed E-state index contributed by atoms with van der Waals surface area (Å²) in [5, 5.41) is 6.13. The second-order valence-corrected chi connectivity index (χ2v) is 10.7. The molecule has 194 valence electrons. The summed E-state index contributed by atoms with van der Waals surface area (Å²) in [7, 11) is 0. The molecule has 0 radical (unpaired) electrons. The van der Waals surface area contributed by atoms with Crippen LogP contribution in [-0.4, -0.2) is 36.6 Å². The van der Waals surface area contributed by atoms with E-state index < -0.39 is 11.9 Å². The van der Waals surface area contributed by atoms with Gasteiger partial charge in [0, 0.05) is 11.4 Å². The van der Waals surface area contributed by atoms with E-state index in [0.29, 0.717) is 17.5 Å². The Morgan fingerprint density at radius 2 is 1.89 bits per heavy atom. The average molecular weight is 513 g/mol. The number of thiophene rings is 1. The molecule has 1 fully saturated rings.